The highest BCUT2D eigenvalue weighted by atomic mass is 127. The second-order valence-corrected chi connectivity index (χ2v) is 9.13. The van der Waals surface area contributed by atoms with E-state index in [1.54, 1.807) is 0 Å². The Bertz CT molecular complexity index is 1040. The Balaban J connectivity index is 1.13. The minimum Gasteiger partial charge on any atom is -0.449 e. The van der Waals surface area contributed by atoms with Gasteiger partial charge in [0.1, 0.15) is 0 Å². The smallest absolute Gasteiger partial charge is 0.411 e. The molecule has 6 nitrogen and oxygen atoms in total. The molecule has 0 saturated carbocycles. The molecule has 7 heteroatoms. The summed E-state index contributed by atoms with van der Waals surface area (Å²) in [5.74, 6) is 0.365. The SMILES string of the molecule is O=C(Nc1ccc2[nH]ccc2c1)OCCCN1CCC(C(=O)c2ccc(I)cc2)CC1. The first-order valence-corrected chi connectivity index (χ1v) is 11.7. The molecule has 1 aliphatic rings. The van der Waals surface area contributed by atoms with Gasteiger partial charge >= 0.3 is 6.09 Å². The van der Waals surface area contributed by atoms with Gasteiger partial charge in [-0.3, -0.25) is 10.1 Å². The van der Waals surface area contributed by atoms with E-state index in [1.807, 2.05) is 54.7 Å². The number of likely N-dealkylation sites (tertiary alicyclic amines) is 1. The summed E-state index contributed by atoms with van der Waals surface area (Å²) in [6.45, 7) is 3.06. The summed E-state index contributed by atoms with van der Waals surface area (Å²) < 4.78 is 6.46. The van der Waals surface area contributed by atoms with E-state index >= 15 is 0 Å². The molecular formula is C24H26IN3O3. The number of aromatic amines is 1. The van der Waals surface area contributed by atoms with E-state index in [0.717, 1.165) is 64.6 Å². The Hall–Kier alpha value is -2.39. The second kappa shape index (κ2) is 10.3. The van der Waals surface area contributed by atoms with Gasteiger partial charge in [0.15, 0.2) is 5.78 Å². The molecule has 1 aromatic heterocycles. The van der Waals surface area contributed by atoms with E-state index < -0.39 is 6.09 Å². The van der Waals surface area contributed by atoms with E-state index in [-0.39, 0.29) is 11.7 Å². The van der Waals surface area contributed by atoms with Gasteiger partial charge in [0.25, 0.3) is 0 Å². The van der Waals surface area contributed by atoms with Crippen LogP contribution in [0.5, 0.6) is 0 Å². The van der Waals surface area contributed by atoms with Gasteiger partial charge in [0.05, 0.1) is 6.61 Å². The Labute approximate surface area is 195 Å². The standard InChI is InChI=1S/C24H26IN3O3/c25-20-4-2-17(3-5-20)23(29)18-9-13-28(14-10-18)12-1-15-31-24(30)27-21-6-7-22-19(16-21)8-11-26-22/h2-8,11,16,18,26H,1,9-10,12-15H2,(H,27,30). The molecule has 0 atom stereocenters. The lowest BCUT2D eigenvalue weighted by Gasteiger charge is -2.31. The van der Waals surface area contributed by atoms with E-state index in [1.165, 1.54) is 0 Å². The maximum atomic E-state index is 12.7. The predicted molar refractivity (Wildman–Crippen MR) is 131 cm³/mol. The zero-order valence-electron chi connectivity index (χ0n) is 17.3. The molecule has 1 aliphatic heterocycles. The van der Waals surface area contributed by atoms with Crippen molar-refractivity contribution in [2.45, 2.75) is 19.3 Å². The zero-order valence-corrected chi connectivity index (χ0v) is 19.4. The molecule has 0 aliphatic carbocycles. The number of piperidine rings is 1. The van der Waals surface area contributed by atoms with Crippen LogP contribution in [0.25, 0.3) is 10.9 Å². The number of halogens is 1. The van der Waals surface area contributed by atoms with Crippen LogP contribution >= 0.6 is 22.6 Å². The molecule has 0 radical (unpaired) electrons. The third-order valence-electron chi connectivity index (χ3n) is 5.74. The van der Waals surface area contributed by atoms with Gasteiger partial charge in [-0.2, -0.15) is 0 Å². The topological polar surface area (TPSA) is 74.4 Å². The average molecular weight is 531 g/mol. The van der Waals surface area contributed by atoms with Crippen molar-refractivity contribution in [3.8, 4) is 0 Å². The number of ether oxygens (including phenoxy) is 1. The van der Waals surface area contributed by atoms with Gasteiger partial charge in [0, 0.05) is 44.4 Å². The number of H-pyrrole nitrogens is 1. The number of fused-ring (bicyclic) bond motifs is 1. The number of nitrogens with one attached hydrogen (secondary N) is 2. The van der Waals surface area contributed by atoms with Crippen molar-refractivity contribution in [3.05, 3.63) is 63.9 Å². The predicted octanol–water partition coefficient (Wildman–Crippen LogP) is 5.31. The Morgan fingerprint density at radius 1 is 1.10 bits per heavy atom. The number of Topliss-reactive ketones (excluding diaryl/α,β-unsaturated/α-hetero) is 1. The number of amides is 1. The molecule has 162 valence electrons. The van der Waals surface area contributed by atoms with Crippen LogP contribution in [0.15, 0.2) is 54.7 Å². The minimum absolute atomic E-state index is 0.107. The molecule has 1 saturated heterocycles. The van der Waals surface area contributed by atoms with Crippen LogP contribution < -0.4 is 5.32 Å². The van der Waals surface area contributed by atoms with Gasteiger partial charge in [-0.15, -0.1) is 0 Å². The molecule has 1 amide bonds. The number of carbonyl (C=O) groups excluding carboxylic acids is 2. The lowest BCUT2D eigenvalue weighted by molar-refractivity contribution is 0.0830. The Kier molecular flexibility index (Phi) is 7.24. The first kappa shape index (κ1) is 21.8. The van der Waals surface area contributed by atoms with Crippen LogP contribution in [0.2, 0.25) is 0 Å². The van der Waals surface area contributed by atoms with Crippen molar-refractivity contribution in [1.29, 1.82) is 0 Å². The number of hydrogen-bond acceptors (Lipinski definition) is 4. The van der Waals surface area contributed by atoms with Crippen molar-refractivity contribution < 1.29 is 14.3 Å². The maximum Gasteiger partial charge on any atom is 0.411 e. The maximum absolute atomic E-state index is 12.7. The van der Waals surface area contributed by atoms with Gasteiger partial charge in [-0.25, -0.2) is 4.79 Å². The molecule has 2 N–H and O–H groups in total. The number of aromatic nitrogens is 1. The normalized spacial score (nSPS) is 15.1. The highest BCUT2D eigenvalue weighted by Crippen LogP contribution is 2.22. The number of rotatable bonds is 7. The number of anilines is 1. The summed E-state index contributed by atoms with van der Waals surface area (Å²) in [5.41, 5.74) is 2.56. The van der Waals surface area contributed by atoms with Crippen LogP contribution in [0.1, 0.15) is 29.6 Å². The van der Waals surface area contributed by atoms with E-state index in [9.17, 15) is 9.59 Å². The van der Waals surface area contributed by atoms with Crippen molar-refractivity contribution >= 4 is 51.1 Å². The molecular weight excluding hydrogens is 505 g/mol. The molecule has 0 spiro atoms. The van der Waals surface area contributed by atoms with E-state index in [4.69, 9.17) is 4.74 Å². The molecule has 0 unspecified atom stereocenters. The first-order chi connectivity index (χ1) is 15.1. The van der Waals surface area contributed by atoms with Crippen molar-refractivity contribution in [2.24, 2.45) is 5.92 Å². The third-order valence-corrected chi connectivity index (χ3v) is 6.46. The van der Waals surface area contributed by atoms with Crippen LogP contribution in [-0.4, -0.2) is 48.0 Å². The number of carbonyl (C=O) groups is 2. The zero-order chi connectivity index (χ0) is 21.6. The van der Waals surface area contributed by atoms with Crippen LogP contribution in [0, 0.1) is 9.49 Å². The van der Waals surface area contributed by atoms with Crippen molar-refractivity contribution in [1.82, 2.24) is 9.88 Å². The van der Waals surface area contributed by atoms with Crippen molar-refractivity contribution in [3.63, 3.8) is 0 Å². The van der Waals surface area contributed by atoms with E-state index in [0.29, 0.717) is 6.61 Å². The summed E-state index contributed by atoms with van der Waals surface area (Å²) in [6.07, 6.45) is 3.98. The first-order valence-electron chi connectivity index (χ1n) is 10.6. The average Bonchev–Trinajstić information content (AvgIpc) is 3.25. The quantitative estimate of drug-likeness (QED) is 0.246. The fourth-order valence-electron chi connectivity index (χ4n) is 4.01. The number of hydrogen-bond donors (Lipinski definition) is 2. The second-order valence-electron chi connectivity index (χ2n) is 7.88. The summed E-state index contributed by atoms with van der Waals surface area (Å²) >= 11 is 2.25. The summed E-state index contributed by atoms with van der Waals surface area (Å²) in [4.78, 5) is 30.2. The van der Waals surface area contributed by atoms with E-state index in [2.05, 4.69) is 37.8 Å². The number of ketones is 1. The van der Waals surface area contributed by atoms with Gasteiger partial charge in [-0.05, 0) is 91.3 Å². The van der Waals surface area contributed by atoms with Crippen LogP contribution in [0.4, 0.5) is 10.5 Å². The summed E-state index contributed by atoms with van der Waals surface area (Å²) in [7, 11) is 0. The molecule has 2 aromatic carbocycles. The number of nitrogens with zero attached hydrogens (tertiary/aromatic N) is 1. The molecule has 4 rings (SSSR count). The minimum atomic E-state index is -0.434. The highest BCUT2D eigenvalue weighted by Gasteiger charge is 2.25. The molecule has 3 aromatic rings. The third kappa shape index (κ3) is 5.86. The molecule has 2 heterocycles. The Morgan fingerprint density at radius 3 is 2.65 bits per heavy atom. The monoisotopic (exact) mass is 531 g/mol. The van der Waals surface area contributed by atoms with Gasteiger partial charge in [0.2, 0.25) is 0 Å². The number of benzene rings is 2. The molecule has 31 heavy (non-hydrogen) atoms. The molecule has 1 fully saturated rings. The molecule has 0 bridgehead atoms. The fraction of sp³-hybridized carbons (Fsp3) is 0.333. The van der Waals surface area contributed by atoms with Crippen molar-refractivity contribution in [2.75, 3.05) is 31.6 Å². The summed E-state index contributed by atoms with van der Waals surface area (Å²) in [6, 6.07) is 15.5. The highest BCUT2D eigenvalue weighted by molar-refractivity contribution is 14.1. The Morgan fingerprint density at radius 2 is 1.87 bits per heavy atom. The lowest BCUT2D eigenvalue weighted by Crippen LogP contribution is -2.37. The fourth-order valence-corrected chi connectivity index (χ4v) is 4.37. The lowest BCUT2D eigenvalue weighted by atomic mass is 9.89. The summed E-state index contributed by atoms with van der Waals surface area (Å²) in [5, 5.41) is 3.82. The largest absolute Gasteiger partial charge is 0.449 e. The van der Waals surface area contributed by atoms with Gasteiger partial charge < -0.3 is 14.6 Å². The van der Waals surface area contributed by atoms with Crippen LogP contribution in [0.3, 0.4) is 0 Å². The van der Waals surface area contributed by atoms with Gasteiger partial charge in [-0.1, -0.05) is 12.1 Å². The van der Waals surface area contributed by atoms with Crippen LogP contribution in [-0.2, 0) is 4.74 Å².